The average Bonchev–Trinajstić information content (AvgIpc) is 3.32. The summed E-state index contributed by atoms with van der Waals surface area (Å²) in [6.07, 6.45) is 0. The van der Waals surface area contributed by atoms with Gasteiger partial charge in [0.1, 0.15) is 6.04 Å². The van der Waals surface area contributed by atoms with Gasteiger partial charge in [-0.15, -0.1) is 11.3 Å². The number of benzene rings is 2. The molecule has 6 nitrogen and oxygen atoms in total. The quantitative estimate of drug-likeness (QED) is 0.514. The van der Waals surface area contributed by atoms with Crippen LogP contribution in [0.5, 0.6) is 0 Å². The number of nitrogens with one attached hydrogen (secondary N) is 2. The molecule has 3 amide bonds. The second-order valence-electron chi connectivity index (χ2n) is 9.20. The van der Waals surface area contributed by atoms with Crippen molar-refractivity contribution < 1.29 is 14.4 Å². The van der Waals surface area contributed by atoms with Gasteiger partial charge in [0, 0.05) is 11.2 Å². The van der Waals surface area contributed by atoms with Gasteiger partial charge in [0.15, 0.2) is 0 Å². The summed E-state index contributed by atoms with van der Waals surface area (Å²) in [7, 11) is 0. The molecule has 3 aromatic rings. The van der Waals surface area contributed by atoms with Gasteiger partial charge in [0.2, 0.25) is 11.8 Å². The molecule has 1 aromatic heterocycles. The maximum Gasteiger partial charge on any atom is 0.261 e. The first kappa shape index (κ1) is 25.2. The highest BCUT2D eigenvalue weighted by Gasteiger charge is 2.35. The van der Waals surface area contributed by atoms with Crippen LogP contribution in [0.3, 0.4) is 0 Å². The number of nitrogens with zero attached hydrogens (tertiary/aromatic N) is 1. The third kappa shape index (κ3) is 6.11. The fourth-order valence-electron chi connectivity index (χ4n) is 3.64. The van der Waals surface area contributed by atoms with Crippen LogP contribution in [0, 0.1) is 13.8 Å². The molecule has 178 valence electrons. The lowest BCUT2D eigenvalue weighted by atomic mass is 9.99. The highest BCUT2D eigenvalue weighted by Crippen LogP contribution is 2.32. The van der Waals surface area contributed by atoms with Gasteiger partial charge in [-0.3, -0.25) is 19.3 Å². The van der Waals surface area contributed by atoms with E-state index in [1.807, 2.05) is 83.1 Å². The lowest BCUT2D eigenvalue weighted by Gasteiger charge is -2.35. The van der Waals surface area contributed by atoms with E-state index >= 15 is 0 Å². The third-order valence-corrected chi connectivity index (χ3v) is 6.24. The third-order valence-electron chi connectivity index (χ3n) is 5.37. The summed E-state index contributed by atoms with van der Waals surface area (Å²) < 4.78 is 0. The number of aryl methyl sites for hydroxylation is 1. The minimum absolute atomic E-state index is 0.240. The minimum atomic E-state index is -0.910. The largest absolute Gasteiger partial charge is 0.349 e. The second kappa shape index (κ2) is 10.7. The average molecular weight is 478 g/mol. The van der Waals surface area contributed by atoms with E-state index in [-0.39, 0.29) is 24.3 Å². The first-order valence-corrected chi connectivity index (χ1v) is 12.0. The predicted octanol–water partition coefficient (Wildman–Crippen LogP) is 4.78. The van der Waals surface area contributed by atoms with Crippen molar-refractivity contribution in [3.8, 4) is 0 Å². The van der Waals surface area contributed by atoms with Gasteiger partial charge in [-0.1, -0.05) is 48.5 Å². The smallest absolute Gasteiger partial charge is 0.261 e. The van der Waals surface area contributed by atoms with Gasteiger partial charge in [0.05, 0.1) is 11.4 Å². The first-order valence-electron chi connectivity index (χ1n) is 11.2. The molecule has 1 heterocycles. The summed E-state index contributed by atoms with van der Waals surface area (Å²) in [5, 5.41) is 7.54. The Morgan fingerprint density at radius 1 is 0.941 bits per heavy atom. The number of rotatable bonds is 7. The number of carbonyl (C=O) groups excluding carboxylic acids is 3. The van der Waals surface area contributed by atoms with Crippen molar-refractivity contribution in [2.24, 2.45) is 0 Å². The molecule has 0 aliphatic carbocycles. The van der Waals surface area contributed by atoms with Crippen LogP contribution in [-0.4, -0.2) is 29.8 Å². The number of thiophene rings is 1. The van der Waals surface area contributed by atoms with E-state index in [1.165, 1.54) is 16.2 Å². The Kier molecular flexibility index (Phi) is 7.89. The molecule has 0 aliphatic heterocycles. The molecule has 3 rings (SSSR count). The lowest BCUT2D eigenvalue weighted by molar-refractivity contribution is -0.127. The van der Waals surface area contributed by atoms with Gasteiger partial charge >= 0.3 is 0 Å². The number of carbonyl (C=O) groups is 3. The van der Waals surface area contributed by atoms with E-state index in [2.05, 4.69) is 10.6 Å². The van der Waals surface area contributed by atoms with Crippen LogP contribution in [0.4, 0.5) is 5.69 Å². The van der Waals surface area contributed by atoms with E-state index in [1.54, 1.807) is 17.5 Å². The highest BCUT2D eigenvalue weighted by molar-refractivity contribution is 7.12. The second-order valence-corrected chi connectivity index (χ2v) is 10.1. The Labute approximate surface area is 205 Å². The van der Waals surface area contributed by atoms with Crippen LogP contribution in [0.1, 0.15) is 53.2 Å². The number of anilines is 1. The van der Waals surface area contributed by atoms with Crippen LogP contribution in [0.25, 0.3) is 0 Å². The van der Waals surface area contributed by atoms with Crippen LogP contribution >= 0.6 is 11.3 Å². The summed E-state index contributed by atoms with van der Waals surface area (Å²) in [6, 6.07) is 17.5. The zero-order valence-electron chi connectivity index (χ0n) is 20.2. The minimum Gasteiger partial charge on any atom is -0.349 e. The van der Waals surface area contributed by atoms with E-state index in [9.17, 15) is 14.4 Å². The fraction of sp³-hybridized carbons (Fsp3) is 0.296. The zero-order chi connectivity index (χ0) is 24.9. The zero-order valence-corrected chi connectivity index (χ0v) is 21.0. The molecular weight excluding hydrogens is 446 g/mol. The Morgan fingerprint density at radius 2 is 1.65 bits per heavy atom. The van der Waals surface area contributed by atoms with Gasteiger partial charge < -0.3 is 10.6 Å². The van der Waals surface area contributed by atoms with Crippen LogP contribution < -0.4 is 15.5 Å². The van der Waals surface area contributed by atoms with Gasteiger partial charge in [-0.2, -0.15) is 0 Å². The van der Waals surface area contributed by atoms with Crippen molar-refractivity contribution in [2.45, 2.75) is 46.2 Å². The van der Waals surface area contributed by atoms with E-state index < -0.39 is 11.6 Å². The Hall–Kier alpha value is -3.45. The number of amides is 3. The molecule has 0 spiro atoms. The number of hydrogen-bond donors (Lipinski definition) is 2. The van der Waals surface area contributed by atoms with Gasteiger partial charge in [-0.25, -0.2) is 0 Å². The van der Waals surface area contributed by atoms with Crippen molar-refractivity contribution in [2.75, 3.05) is 11.4 Å². The Bertz CT molecular complexity index is 1150. The molecule has 0 unspecified atom stereocenters. The van der Waals surface area contributed by atoms with Crippen molar-refractivity contribution in [1.29, 1.82) is 0 Å². The maximum absolute atomic E-state index is 13.7. The molecular formula is C27H31N3O3S. The molecule has 7 heteroatoms. The maximum atomic E-state index is 13.7. The Morgan fingerprint density at radius 3 is 2.26 bits per heavy atom. The van der Waals surface area contributed by atoms with Gasteiger partial charge in [-0.05, 0) is 68.8 Å². The molecule has 0 saturated carbocycles. The summed E-state index contributed by atoms with van der Waals surface area (Å²) in [5.74, 6) is -0.992. The SMILES string of the molecule is Cc1cccc(N(C(=O)CNC(=O)c2cccs2)[C@H](C(=O)NC(C)(C)C)c2ccccc2)c1C. The van der Waals surface area contributed by atoms with Crippen molar-refractivity contribution in [3.05, 3.63) is 87.6 Å². The molecule has 0 radical (unpaired) electrons. The van der Waals surface area contributed by atoms with Crippen molar-refractivity contribution >= 4 is 34.7 Å². The topological polar surface area (TPSA) is 78.5 Å². The van der Waals surface area contributed by atoms with Gasteiger partial charge in [0.25, 0.3) is 5.91 Å². The first-order chi connectivity index (χ1) is 16.1. The summed E-state index contributed by atoms with van der Waals surface area (Å²) in [5.41, 5.74) is 2.72. The standard InChI is InChI=1S/C27H31N3O3S/c1-18-11-9-14-21(19(18)2)30(23(31)17-28-25(32)22-15-10-16-34-22)24(20-12-7-6-8-13-20)26(33)29-27(3,4)5/h6-16,24H,17H2,1-5H3,(H,28,32)(H,29,33)/t24-/m0/s1. The molecule has 2 N–H and O–H groups in total. The molecule has 0 bridgehead atoms. The molecule has 1 atom stereocenters. The summed E-state index contributed by atoms with van der Waals surface area (Å²) >= 11 is 1.31. The lowest BCUT2D eigenvalue weighted by Crippen LogP contribution is -2.51. The molecule has 0 fully saturated rings. The van der Waals surface area contributed by atoms with Crippen LogP contribution in [0.2, 0.25) is 0 Å². The van der Waals surface area contributed by atoms with E-state index in [4.69, 9.17) is 0 Å². The van der Waals surface area contributed by atoms with E-state index in [0.29, 0.717) is 16.1 Å². The molecule has 34 heavy (non-hydrogen) atoms. The van der Waals surface area contributed by atoms with Crippen molar-refractivity contribution in [3.63, 3.8) is 0 Å². The summed E-state index contributed by atoms with van der Waals surface area (Å²) in [4.78, 5) is 41.8. The molecule has 2 aromatic carbocycles. The molecule has 0 saturated heterocycles. The van der Waals surface area contributed by atoms with Crippen LogP contribution in [-0.2, 0) is 9.59 Å². The Balaban J connectivity index is 2.05. The van der Waals surface area contributed by atoms with E-state index in [0.717, 1.165) is 11.1 Å². The predicted molar refractivity (Wildman–Crippen MR) is 137 cm³/mol. The normalized spacial score (nSPS) is 12.0. The summed E-state index contributed by atoms with van der Waals surface area (Å²) in [6.45, 7) is 9.36. The number of hydrogen-bond acceptors (Lipinski definition) is 4. The fourth-order valence-corrected chi connectivity index (χ4v) is 4.28. The van der Waals surface area contributed by atoms with Crippen LogP contribution in [0.15, 0.2) is 66.0 Å². The van der Waals surface area contributed by atoms with Crippen molar-refractivity contribution in [1.82, 2.24) is 10.6 Å². The molecule has 0 aliphatic rings. The highest BCUT2D eigenvalue weighted by atomic mass is 32.1. The monoisotopic (exact) mass is 477 g/mol.